The van der Waals surface area contributed by atoms with Crippen LogP contribution in [0.1, 0.15) is 75.8 Å². The normalized spacial score (nSPS) is 21.8. The van der Waals surface area contributed by atoms with E-state index in [-0.39, 0.29) is 0 Å². The van der Waals surface area contributed by atoms with Gasteiger partial charge in [0.2, 0.25) is 0 Å². The molecule has 0 atom stereocenters. The molecule has 1 aliphatic rings. The van der Waals surface area contributed by atoms with Crippen molar-refractivity contribution in [3.63, 3.8) is 0 Å². The maximum absolute atomic E-state index is 12.0. The van der Waals surface area contributed by atoms with E-state index in [4.69, 9.17) is 0 Å². The van der Waals surface area contributed by atoms with Gasteiger partial charge in [-0.2, -0.15) is 0 Å². The molecule has 1 fully saturated rings. The molecule has 2 rings (SSSR count). The zero-order valence-corrected chi connectivity index (χ0v) is 14.8. The molecule has 128 valence electrons. The van der Waals surface area contributed by atoms with Gasteiger partial charge in [-0.25, -0.2) is 4.39 Å². The summed E-state index contributed by atoms with van der Waals surface area (Å²) in [4.78, 5) is 0. The van der Waals surface area contributed by atoms with Gasteiger partial charge in [0, 0.05) is 0 Å². The van der Waals surface area contributed by atoms with Gasteiger partial charge in [-0.3, -0.25) is 0 Å². The molecule has 1 aromatic carbocycles. The molecule has 1 aromatic rings. The summed E-state index contributed by atoms with van der Waals surface area (Å²) >= 11 is 0. The van der Waals surface area contributed by atoms with Crippen LogP contribution in [-0.2, 0) is 12.8 Å². The Morgan fingerprint density at radius 1 is 0.913 bits per heavy atom. The van der Waals surface area contributed by atoms with Crippen LogP contribution in [0, 0.1) is 11.8 Å². The maximum Gasteiger partial charge on any atom is 0.0830 e. The van der Waals surface area contributed by atoms with Crippen molar-refractivity contribution in [2.75, 3.05) is 0 Å². The Labute approximate surface area is 142 Å². The standard InChI is InChI=1S/C22H33F/c1-2-3-4-6-19-8-12-21(13-9-19)16-17-22-14-10-20(11-15-22)7-5-18-23/h5,10-11,14-15,18-19,21H,2-4,6-9,12-13,16-17H2,1H3. The fourth-order valence-electron chi connectivity index (χ4n) is 3.89. The van der Waals surface area contributed by atoms with Crippen molar-refractivity contribution < 1.29 is 4.39 Å². The first kappa shape index (κ1) is 18.2. The van der Waals surface area contributed by atoms with Crippen LogP contribution in [0.25, 0.3) is 0 Å². The number of unbranched alkanes of at least 4 members (excludes halogenated alkanes) is 2. The minimum absolute atomic E-state index is 0.631. The van der Waals surface area contributed by atoms with Crippen molar-refractivity contribution in [2.45, 2.75) is 77.6 Å². The van der Waals surface area contributed by atoms with Crippen molar-refractivity contribution >= 4 is 0 Å². The average Bonchev–Trinajstić information content (AvgIpc) is 2.60. The van der Waals surface area contributed by atoms with Crippen LogP contribution in [0.3, 0.4) is 0 Å². The van der Waals surface area contributed by atoms with Crippen molar-refractivity contribution in [1.29, 1.82) is 0 Å². The van der Waals surface area contributed by atoms with Crippen LogP contribution in [0.2, 0.25) is 0 Å². The van der Waals surface area contributed by atoms with E-state index in [1.165, 1.54) is 75.3 Å². The summed E-state index contributed by atoms with van der Waals surface area (Å²) in [5.41, 5.74) is 2.62. The molecule has 0 aromatic heterocycles. The highest BCUT2D eigenvalue weighted by molar-refractivity contribution is 5.24. The Morgan fingerprint density at radius 2 is 1.52 bits per heavy atom. The lowest BCUT2D eigenvalue weighted by molar-refractivity contribution is 0.249. The number of hydrogen-bond donors (Lipinski definition) is 0. The highest BCUT2D eigenvalue weighted by Crippen LogP contribution is 2.34. The van der Waals surface area contributed by atoms with Crippen LogP contribution in [0.5, 0.6) is 0 Å². The van der Waals surface area contributed by atoms with Gasteiger partial charge in [0.1, 0.15) is 0 Å². The van der Waals surface area contributed by atoms with Crippen LogP contribution in [-0.4, -0.2) is 0 Å². The quantitative estimate of drug-likeness (QED) is 0.429. The molecule has 1 heteroatoms. The largest absolute Gasteiger partial charge is 0.216 e. The van der Waals surface area contributed by atoms with Gasteiger partial charge in [0.05, 0.1) is 6.33 Å². The summed E-state index contributed by atoms with van der Waals surface area (Å²) in [5, 5.41) is 0. The minimum Gasteiger partial charge on any atom is -0.216 e. The highest BCUT2D eigenvalue weighted by Gasteiger charge is 2.20. The van der Waals surface area contributed by atoms with Gasteiger partial charge in [0.15, 0.2) is 0 Å². The maximum atomic E-state index is 12.0. The second-order valence-corrected chi connectivity index (χ2v) is 7.30. The lowest BCUT2D eigenvalue weighted by Gasteiger charge is -2.28. The number of aryl methyl sites for hydroxylation is 1. The molecule has 0 spiro atoms. The van der Waals surface area contributed by atoms with Crippen LogP contribution in [0.15, 0.2) is 36.7 Å². The minimum atomic E-state index is 0.631. The average molecular weight is 317 g/mol. The van der Waals surface area contributed by atoms with Gasteiger partial charge < -0.3 is 0 Å². The van der Waals surface area contributed by atoms with Crippen molar-refractivity contribution in [3.05, 3.63) is 47.8 Å². The molecule has 0 aliphatic heterocycles. The van der Waals surface area contributed by atoms with E-state index in [9.17, 15) is 4.39 Å². The predicted octanol–water partition coefficient (Wildman–Crippen LogP) is 7.03. The molecule has 0 amide bonds. The fraction of sp³-hybridized carbons (Fsp3) is 0.636. The third-order valence-corrected chi connectivity index (χ3v) is 5.49. The van der Waals surface area contributed by atoms with Gasteiger partial charge in [-0.15, -0.1) is 0 Å². The molecule has 0 bridgehead atoms. The van der Waals surface area contributed by atoms with Gasteiger partial charge in [-0.05, 0) is 42.2 Å². The summed E-state index contributed by atoms with van der Waals surface area (Å²) in [5.74, 6) is 1.95. The smallest absolute Gasteiger partial charge is 0.0830 e. The Balaban J connectivity index is 1.65. The zero-order chi connectivity index (χ0) is 16.3. The van der Waals surface area contributed by atoms with E-state index < -0.39 is 0 Å². The number of hydrogen-bond acceptors (Lipinski definition) is 0. The van der Waals surface area contributed by atoms with Gasteiger partial charge in [-0.1, -0.05) is 88.6 Å². The predicted molar refractivity (Wildman–Crippen MR) is 98.3 cm³/mol. The molecular weight excluding hydrogens is 283 g/mol. The van der Waals surface area contributed by atoms with Crippen molar-refractivity contribution in [2.24, 2.45) is 11.8 Å². The number of benzene rings is 1. The molecule has 0 radical (unpaired) electrons. The highest BCUT2D eigenvalue weighted by atomic mass is 19.1. The summed E-state index contributed by atoms with van der Waals surface area (Å²) in [6, 6.07) is 8.72. The summed E-state index contributed by atoms with van der Waals surface area (Å²) in [6.45, 7) is 2.29. The Morgan fingerprint density at radius 3 is 2.13 bits per heavy atom. The Hall–Kier alpha value is -1.11. The first-order valence-electron chi connectivity index (χ1n) is 9.64. The Bertz CT molecular complexity index is 438. The molecule has 0 heterocycles. The third kappa shape index (κ3) is 6.89. The summed E-state index contributed by atoms with van der Waals surface area (Å²) < 4.78 is 12.0. The molecule has 0 unspecified atom stereocenters. The summed E-state index contributed by atoms with van der Waals surface area (Å²) in [7, 11) is 0. The van der Waals surface area contributed by atoms with Crippen LogP contribution in [0.4, 0.5) is 4.39 Å². The molecule has 23 heavy (non-hydrogen) atoms. The second-order valence-electron chi connectivity index (χ2n) is 7.30. The lowest BCUT2D eigenvalue weighted by Crippen LogP contribution is -2.15. The van der Waals surface area contributed by atoms with E-state index in [0.717, 1.165) is 11.8 Å². The van der Waals surface area contributed by atoms with Crippen molar-refractivity contribution in [3.8, 4) is 0 Å². The second kappa shape index (κ2) is 10.6. The SMILES string of the molecule is CCCCCC1CCC(CCc2ccc(CC=CF)cc2)CC1. The molecule has 0 N–H and O–H groups in total. The third-order valence-electron chi connectivity index (χ3n) is 5.49. The van der Waals surface area contributed by atoms with E-state index >= 15 is 0 Å². The van der Waals surface area contributed by atoms with E-state index in [1.54, 1.807) is 6.08 Å². The van der Waals surface area contributed by atoms with E-state index in [2.05, 4.69) is 31.2 Å². The number of rotatable bonds is 9. The topological polar surface area (TPSA) is 0 Å². The van der Waals surface area contributed by atoms with Gasteiger partial charge >= 0.3 is 0 Å². The fourth-order valence-corrected chi connectivity index (χ4v) is 3.89. The van der Waals surface area contributed by atoms with Gasteiger partial charge in [0.25, 0.3) is 0 Å². The zero-order valence-electron chi connectivity index (χ0n) is 14.8. The number of halogens is 1. The molecule has 0 nitrogen and oxygen atoms in total. The van der Waals surface area contributed by atoms with Crippen LogP contribution < -0.4 is 0 Å². The molecular formula is C22H33F. The monoisotopic (exact) mass is 316 g/mol. The molecule has 0 saturated heterocycles. The Kier molecular flexibility index (Phi) is 8.42. The first-order chi connectivity index (χ1) is 11.3. The van der Waals surface area contributed by atoms with Crippen LogP contribution >= 0.6 is 0 Å². The van der Waals surface area contributed by atoms with Crippen molar-refractivity contribution in [1.82, 2.24) is 0 Å². The molecule has 1 saturated carbocycles. The van der Waals surface area contributed by atoms with E-state index in [1.807, 2.05) is 0 Å². The lowest BCUT2D eigenvalue weighted by atomic mass is 9.78. The van der Waals surface area contributed by atoms with E-state index in [0.29, 0.717) is 12.8 Å². The summed E-state index contributed by atoms with van der Waals surface area (Å²) in [6.07, 6.45) is 16.9. The molecule has 1 aliphatic carbocycles. The number of allylic oxidation sites excluding steroid dienone is 1. The first-order valence-corrected chi connectivity index (χ1v) is 9.64.